The van der Waals surface area contributed by atoms with Gasteiger partial charge in [-0.2, -0.15) is 0 Å². The van der Waals surface area contributed by atoms with E-state index >= 15 is 0 Å². The summed E-state index contributed by atoms with van der Waals surface area (Å²) in [5.74, 6) is 0. The van der Waals surface area contributed by atoms with E-state index in [4.69, 9.17) is 13.3 Å². The first kappa shape index (κ1) is 75.0. The van der Waals surface area contributed by atoms with Crippen LogP contribution in [0.25, 0.3) is 205 Å². The molecule has 5 aromatic heterocycles. The Morgan fingerprint density at radius 1 is 0.161 bits per heavy atom. The molecule has 0 aliphatic heterocycles. The van der Waals surface area contributed by atoms with Gasteiger partial charge in [0.15, 0.2) is 0 Å². The maximum absolute atomic E-state index is 5.94. The first-order valence-electron chi connectivity index (χ1n) is 38.7. The van der Waals surface area contributed by atoms with Crippen LogP contribution in [0.3, 0.4) is 0 Å². The molecule has 118 heavy (non-hydrogen) atoms. The summed E-state index contributed by atoms with van der Waals surface area (Å²) in [4.78, 5) is 0. The molecule has 0 amide bonds. The number of furan rings is 3. The van der Waals surface area contributed by atoms with Gasteiger partial charge in [0.1, 0.15) is 33.5 Å². The molecule has 0 saturated heterocycles. The van der Waals surface area contributed by atoms with Crippen LogP contribution < -0.4 is 0 Å². The predicted molar refractivity (Wildman–Crippen MR) is 523 cm³/mol. The van der Waals surface area contributed by atoms with Gasteiger partial charge < -0.3 is 13.3 Å². The molecule has 0 spiro atoms. The third-order valence-electron chi connectivity index (χ3n) is 21.9. The zero-order valence-corrected chi connectivity index (χ0v) is 72.5. The maximum Gasteiger partial charge on any atom is 0.135 e. The summed E-state index contributed by atoms with van der Waals surface area (Å²) in [6.45, 7) is 0. The predicted octanol–water partition coefficient (Wildman–Crippen LogP) is 36.1. The second-order valence-corrected chi connectivity index (χ2v) is 35.8. The Labute approximate surface area is 730 Å². The van der Waals surface area contributed by atoms with Gasteiger partial charge in [-0.1, -0.05) is 328 Å². The van der Waals surface area contributed by atoms with Crippen LogP contribution in [0, 0.1) is 0 Å². The first-order chi connectivity index (χ1) is 58.0. The summed E-state index contributed by atoms with van der Waals surface area (Å²) >= 11 is 21.3. The summed E-state index contributed by atoms with van der Waals surface area (Å²) < 4.78 is 28.6. The number of fused-ring (bicyclic) bond motifs is 22. The van der Waals surface area contributed by atoms with Gasteiger partial charge in [0, 0.05) is 100 Å². The van der Waals surface area contributed by atoms with Crippen molar-refractivity contribution in [2.45, 2.75) is 0 Å². The van der Waals surface area contributed by atoms with E-state index in [0.717, 1.165) is 72.0 Å². The van der Waals surface area contributed by atoms with Crippen molar-refractivity contribution in [3.63, 3.8) is 0 Å². The van der Waals surface area contributed by atoms with Crippen molar-refractivity contribution in [3.05, 3.63) is 417 Å². The van der Waals surface area contributed by atoms with E-state index in [1.54, 1.807) is 0 Å². The van der Waals surface area contributed by atoms with Crippen LogP contribution >= 0.6 is 102 Å². The van der Waals surface area contributed by atoms with Crippen LogP contribution in [0.1, 0.15) is 0 Å². The number of para-hydroxylation sites is 3. The summed E-state index contributed by atoms with van der Waals surface area (Å²) in [6.07, 6.45) is 0. The number of hydrogen-bond acceptors (Lipinski definition) is 5. The second-order valence-electron chi connectivity index (χ2n) is 29.1. The van der Waals surface area contributed by atoms with Crippen LogP contribution in [0.4, 0.5) is 0 Å². The highest BCUT2D eigenvalue weighted by molar-refractivity contribution is 9.11. The summed E-state index contributed by atoms with van der Waals surface area (Å²) in [5.41, 5.74) is 20.3. The zero-order valence-electron chi connectivity index (χ0n) is 63.0. The highest BCUT2D eigenvalue weighted by Gasteiger charge is 2.18. The van der Waals surface area contributed by atoms with Gasteiger partial charge in [-0.05, 0) is 239 Å². The molecule has 3 nitrogen and oxygen atoms in total. The molecular weight excluding hydrogens is 1810 g/mol. The van der Waals surface area contributed by atoms with Crippen molar-refractivity contribution in [3.8, 4) is 66.8 Å². The quantitative estimate of drug-likeness (QED) is 0.156. The molecule has 0 atom stereocenters. The molecular formula is C108H65Br5O3S2. The van der Waals surface area contributed by atoms with E-state index in [-0.39, 0.29) is 0 Å². The van der Waals surface area contributed by atoms with Gasteiger partial charge in [-0.15, -0.1) is 22.7 Å². The number of hydrogen-bond donors (Lipinski definition) is 0. The summed E-state index contributed by atoms with van der Waals surface area (Å²) in [5, 5.41) is 20.5. The van der Waals surface area contributed by atoms with Gasteiger partial charge in [-0.25, -0.2) is 0 Å². The van der Waals surface area contributed by atoms with Crippen molar-refractivity contribution < 1.29 is 13.3 Å². The Bertz CT molecular complexity index is 7930. The molecule has 0 aliphatic rings. The highest BCUT2D eigenvalue weighted by atomic mass is 79.9. The van der Waals surface area contributed by atoms with Crippen molar-refractivity contribution in [1.82, 2.24) is 0 Å². The molecule has 24 rings (SSSR count). The van der Waals surface area contributed by atoms with E-state index < -0.39 is 0 Å². The molecule has 5 heterocycles. The van der Waals surface area contributed by atoms with Crippen LogP contribution in [0.2, 0.25) is 0 Å². The molecule has 0 fully saturated rings. The second kappa shape index (κ2) is 32.6. The van der Waals surface area contributed by atoms with E-state index in [0.29, 0.717) is 0 Å². The molecule has 0 bridgehead atoms. The van der Waals surface area contributed by atoms with Gasteiger partial charge in [0.2, 0.25) is 0 Å². The van der Waals surface area contributed by atoms with Crippen LogP contribution in [-0.2, 0) is 0 Å². The molecule has 0 N–H and O–H groups in total. The topological polar surface area (TPSA) is 39.4 Å². The molecule has 10 heteroatoms. The van der Waals surface area contributed by atoms with Crippen molar-refractivity contribution in [2.75, 3.05) is 0 Å². The lowest BCUT2D eigenvalue weighted by Crippen LogP contribution is -1.82. The van der Waals surface area contributed by atoms with Crippen molar-refractivity contribution in [1.29, 1.82) is 0 Å². The SMILES string of the molecule is Brc1ccc(-c2cc3sc4ccccc4c3c3ccccc23)cc1.Brc1ccc(-c2ccc3oc4ccccc4c3c2)cc1.Brc1ccc(-c2ccc3sc4c5ccccc5c5ccccc5c4c3c2)cc1.Brc1ccc(-c2cccc(-c3ccc4oc5ccccc5c4c3)c2)cc1.Brc1cccc(-c2ccc3oc4ccccc4c3c2)c1. The smallest absolute Gasteiger partial charge is 0.135 e. The standard InChI is InChI=1S/C26H15BrS.C24H15BrO.C22H13BrS.2C18H11BrO/c27-18-12-9-16(10-13-18)17-11-14-24-23(15-17)25-21-7-3-1-5-19(21)20-6-2-4-8-22(20)26(25)28-24;25-20-11-8-16(9-12-20)17-4-3-5-18(14-17)19-10-13-24-22(15-19)21-6-1-2-7-23(21)26-24;23-15-11-9-14(10-12-15)19-13-21-22(17-6-2-1-5-16(17)19)18-7-3-4-8-20(18)24-21;19-14-5-3-4-12(10-14)13-8-9-18-16(11-13)15-6-1-2-7-17(15)20-18;19-14-8-5-12(6-9-14)13-7-10-18-16(11-13)15-3-1-2-4-17(15)20-18/h1-15H;1-15H;1-13H;2*1-11H. The Hall–Kier alpha value is -11.8. The van der Waals surface area contributed by atoms with Crippen LogP contribution in [0.15, 0.2) is 430 Å². The summed E-state index contributed by atoms with van der Waals surface area (Å²) in [6, 6.07) is 139. The Balaban J connectivity index is 0.0000000952. The molecule has 0 unspecified atom stereocenters. The molecule has 19 aromatic carbocycles. The average Bonchev–Trinajstić information content (AvgIpc) is 1.55. The largest absolute Gasteiger partial charge is 0.456 e. The minimum atomic E-state index is 0.930. The lowest BCUT2D eigenvalue weighted by Gasteiger charge is -2.09. The van der Waals surface area contributed by atoms with Gasteiger partial charge in [-0.3, -0.25) is 0 Å². The Kier molecular flexibility index (Phi) is 20.7. The number of benzene rings is 19. The van der Waals surface area contributed by atoms with E-state index in [1.165, 1.54) is 156 Å². The fourth-order valence-corrected chi connectivity index (χ4v) is 20.1. The minimum Gasteiger partial charge on any atom is -0.456 e. The first-order valence-corrected chi connectivity index (χ1v) is 44.3. The van der Waals surface area contributed by atoms with Crippen LogP contribution in [0.5, 0.6) is 0 Å². The fraction of sp³-hybridized carbons (Fsp3) is 0. The van der Waals surface area contributed by atoms with Crippen molar-refractivity contribution >= 4 is 241 Å². The number of thiophene rings is 2. The Morgan fingerprint density at radius 2 is 0.483 bits per heavy atom. The summed E-state index contributed by atoms with van der Waals surface area (Å²) in [7, 11) is 0. The third-order valence-corrected chi connectivity index (χ3v) is 26.8. The van der Waals surface area contributed by atoms with E-state index in [2.05, 4.69) is 407 Å². The minimum absolute atomic E-state index is 0.930. The molecule has 24 aromatic rings. The molecule has 562 valence electrons. The van der Waals surface area contributed by atoms with Gasteiger partial charge >= 0.3 is 0 Å². The van der Waals surface area contributed by atoms with Crippen molar-refractivity contribution in [2.24, 2.45) is 0 Å². The average molecular weight is 1870 g/mol. The third kappa shape index (κ3) is 14.9. The van der Waals surface area contributed by atoms with E-state index in [9.17, 15) is 0 Å². The van der Waals surface area contributed by atoms with Gasteiger partial charge in [0.25, 0.3) is 0 Å². The molecule has 0 radical (unpaired) electrons. The number of rotatable bonds is 6. The maximum atomic E-state index is 5.94. The highest BCUT2D eigenvalue weighted by Crippen LogP contribution is 2.47. The monoisotopic (exact) mass is 1870 g/mol. The Morgan fingerprint density at radius 3 is 0.966 bits per heavy atom. The van der Waals surface area contributed by atoms with E-state index in [1.807, 2.05) is 89.4 Å². The normalized spacial score (nSPS) is 11.4. The lowest BCUT2D eigenvalue weighted by atomic mass is 9.95. The molecule has 0 aliphatic carbocycles. The molecule has 0 saturated carbocycles. The zero-order chi connectivity index (χ0) is 79.3. The van der Waals surface area contributed by atoms with Crippen LogP contribution in [-0.4, -0.2) is 0 Å². The lowest BCUT2D eigenvalue weighted by molar-refractivity contribution is 0.668. The number of halogens is 5. The fourth-order valence-electron chi connectivity index (χ4n) is 16.2. The van der Waals surface area contributed by atoms with Gasteiger partial charge in [0.05, 0.1) is 0 Å².